The second-order valence-electron chi connectivity index (χ2n) is 2.88. The first-order valence-electron chi connectivity index (χ1n) is 4.36. The van der Waals surface area contributed by atoms with Gasteiger partial charge in [0.15, 0.2) is 11.5 Å². The van der Waals surface area contributed by atoms with Gasteiger partial charge in [0.1, 0.15) is 0 Å². The molecule has 18 heavy (non-hydrogen) atoms. The van der Waals surface area contributed by atoms with Crippen LogP contribution in [-0.4, -0.2) is 35.1 Å². The number of carboxylic acids is 2. The summed E-state index contributed by atoms with van der Waals surface area (Å²) in [6, 6.07) is 1.55. The molecule has 94 valence electrons. The van der Waals surface area contributed by atoms with Crippen LogP contribution in [0, 0.1) is 0 Å². The van der Waals surface area contributed by atoms with Gasteiger partial charge in [-0.05, 0) is 0 Å². The SMILES string of the molecule is O=COc1cc(C(=O)O)c(C(=O)O)cc1OC=O. The lowest BCUT2D eigenvalue weighted by atomic mass is 10.1. The Labute approximate surface area is 99.4 Å². The summed E-state index contributed by atoms with van der Waals surface area (Å²) in [5.74, 6) is -3.80. The van der Waals surface area contributed by atoms with Crippen molar-refractivity contribution in [1.82, 2.24) is 0 Å². The van der Waals surface area contributed by atoms with Crippen molar-refractivity contribution >= 4 is 24.9 Å². The van der Waals surface area contributed by atoms with Crippen molar-refractivity contribution in [2.45, 2.75) is 0 Å². The van der Waals surface area contributed by atoms with E-state index in [1.807, 2.05) is 0 Å². The molecule has 0 heterocycles. The molecule has 8 nitrogen and oxygen atoms in total. The van der Waals surface area contributed by atoms with Crippen molar-refractivity contribution in [2.24, 2.45) is 0 Å². The molecule has 0 radical (unpaired) electrons. The van der Waals surface area contributed by atoms with Gasteiger partial charge >= 0.3 is 11.9 Å². The Morgan fingerprint density at radius 2 is 1.22 bits per heavy atom. The Kier molecular flexibility index (Phi) is 3.98. The highest BCUT2D eigenvalue weighted by atomic mass is 16.6. The molecule has 0 amide bonds. The zero-order valence-corrected chi connectivity index (χ0v) is 8.65. The first-order valence-corrected chi connectivity index (χ1v) is 4.36. The lowest BCUT2D eigenvalue weighted by Crippen LogP contribution is -2.09. The zero-order valence-electron chi connectivity index (χ0n) is 8.65. The van der Waals surface area contributed by atoms with Crippen molar-refractivity contribution in [3.8, 4) is 11.5 Å². The van der Waals surface area contributed by atoms with Gasteiger partial charge in [0.05, 0.1) is 11.1 Å². The molecule has 0 aromatic heterocycles. The van der Waals surface area contributed by atoms with E-state index < -0.39 is 23.1 Å². The topological polar surface area (TPSA) is 127 Å². The molecule has 8 heteroatoms. The number of hydrogen-bond acceptors (Lipinski definition) is 6. The second-order valence-corrected chi connectivity index (χ2v) is 2.88. The number of carbonyl (C=O) groups excluding carboxylic acids is 2. The Morgan fingerprint density at radius 3 is 1.44 bits per heavy atom. The van der Waals surface area contributed by atoms with Crippen molar-refractivity contribution < 1.29 is 38.9 Å². The Morgan fingerprint density at radius 1 is 0.889 bits per heavy atom. The van der Waals surface area contributed by atoms with Gasteiger partial charge in [-0.15, -0.1) is 0 Å². The van der Waals surface area contributed by atoms with Gasteiger partial charge in [0.25, 0.3) is 12.9 Å². The maximum Gasteiger partial charge on any atom is 0.336 e. The van der Waals surface area contributed by atoms with Crippen LogP contribution >= 0.6 is 0 Å². The summed E-state index contributed by atoms with van der Waals surface area (Å²) in [6.45, 7) is -0.0296. The summed E-state index contributed by atoms with van der Waals surface area (Å²) in [5.41, 5.74) is -1.20. The van der Waals surface area contributed by atoms with E-state index in [-0.39, 0.29) is 24.4 Å². The summed E-state index contributed by atoms with van der Waals surface area (Å²) in [5, 5.41) is 17.6. The molecular formula is C10H6O8. The van der Waals surface area contributed by atoms with Gasteiger partial charge < -0.3 is 19.7 Å². The van der Waals surface area contributed by atoms with E-state index in [0.717, 1.165) is 12.1 Å². The first kappa shape index (κ1) is 13.2. The van der Waals surface area contributed by atoms with Crippen LogP contribution in [0.4, 0.5) is 0 Å². The fraction of sp³-hybridized carbons (Fsp3) is 0. The average molecular weight is 254 g/mol. The predicted molar refractivity (Wildman–Crippen MR) is 53.7 cm³/mol. The van der Waals surface area contributed by atoms with Crippen molar-refractivity contribution in [1.29, 1.82) is 0 Å². The third-order valence-corrected chi connectivity index (χ3v) is 1.89. The highest BCUT2D eigenvalue weighted by Gasteiger charge is 2.21. The Balaban J connectivity index is 3.48. The van der Waals surface area contributed by atoms with Crippen LogP contribution in [0.2, 0.25) is 0 Å². The monoisotopic (exact) mass is 254 g/mol. The number of carboxylic acid groups (broad SMARTS) is 2. The molecule has 0 aliphatic heterocycles. The normalized spacial score (nSPS) is 9.33. The number of carbonyl (C=O) groups is 4. The summed E-state index contributed by atoms with van der Waals surface area (Å²) in [4.78, 5) is 42.1. The third-order valence-electron chi connectivity index (χ3n) is 1.89. The minimum absolute atomic E-state index is 0.0148. The predicted octanol–water partition coefficient (Wildman–Crippen LogP) is 0.153. The lowest BCUT2D eigenvalue weighted by Gasteiger charge is -2.08. The summed E-state index contributed by atoms with van der Waals surface area (Å²) in [7, 11) is 0. The van der Waals surface area contributed by atoms with Gasteiger partial charge in [0.2, 0.25) is 0 Å². The maximum absolute atomic E-state index is 10.8. The van der Waals surface area contributed by atoms with Crippen LogP contribution in [0.3, 0.4) is 0 Å². The number of aromatic carboxylic acids is 2. The van der Waals surface area contributed by atoms with E-state index in [4.69, 9.17) is 10.2 Å². The highest BCUT2D eigenvalue weighted by Crippen LogP contribution is 2.30. The molecule has 1 aromatic rings. The van der Waals surface area contributed by atoms with E-state index in [0.29, 0.717) is 0 Å². The molecule has 0 saturated carbocycles. The fourth-order valence-corrected chi connectivity index (χ4v) is 1.20. The third kappa shape index (κ3) is 2.61. The zero-order chi connectivity index (χ0) is 13.7. The van der Waals surface area contributed by atoms with Gasteiger partial charge in [-0.25, -0.2) is 9.59 Å². The second kappa shape index (κ2) is 5.43. The molecule has 0 spiro atoms. The van der Waals surface area contributed by atoms with E-state index >= 15 is 0 Å². The average Bonchev–Trinajstić information content (AvgIpc) is 2.30. The molecule has 0 atom stereocenters. The molecule has 2 N–H and O–H groups in total. The summed E-state index contributed by atoms with van der Waals surface area (Å²) < 4.78 is 8.79. The van der Waals surface area contributed by atoms with E-state index in [2.05, 4.69) is 9.47 Å². The Hall–Kier alpha value is -2.90. The molecule has 0 aliphatic rings. The minimum Gasteiger partial charge on any atom is -0.478 e. The lowest BCUT2D eigenvalue weighted by molar-refractivity contribution is -0.123. The molecule has 0 fully saturated rings. The van der Waals surface area contributed by atoms with Crippen molar-refractivity contribution in [3.05, 3.63) is 23.3 Å². The van der Waals surface area contributed by atoms with Gasteiger partial charge in [-0.1, -0.05) is 0 Å². The van der Waals surface area contributed by atoms with Crippen LogP contribution in [0.15, 0.2) is 12.1 Å². The van der Waals surface area contributed by atoms with Crippen LogP contribution in [0.5, 0.6) is 11.5 Å². The Bertz CT molecular complexity index is 472. The summed E-state index contributed by atoms with van der Waals surface area (Å²) in [6.07, 6.45) is 0. The van der Waals surface area contributed by atoms with Crippen LogP contribution < -0.4 is 9.47 Å². The molecule has 1 aromatic carbocycles. The van der Waals surface area contributed by atoms with Crippen LogP contribution in [0.25, 0.3) is 0 Å². The quantitative estimate of drug-likeness (QED) is 0.687. The van der Waals surface area contributed by atoms with E-state index in [1.165, 1.54) is 0 Å². The molecule has 0 saturated heterocycles. The molecule has 0 unspecified atom stereocenters. The van der Waals surface area contributed by atoms with Gasteiger partial charge in [0, 0.05) is 12.1 Å². The molecule has 0 aliphatic carbocycles. The largest absolute Gasteiger partial charge is 0.478 e. The number of rotatable bonds is 6. The van der Waals surface area contributed by atoms with E-state index in [9.17, 15) is 19.2 Å². The van der Waals surface area contributed by atoms with Crippen LogP contribution in [-0.2, 0) is 9.59 Å². The number of hydrogen-bond donors (Lipinski definition) is 2. The minimum atomic E-state index is -1.53. The number of benzene rings is 1. The van der Waals surface area contributed by atoms with Gasteiger partial charge in [-0.2, -0.15) is 0 Å². The smallest absolute Gasteiger partial charge is 0.336 e. The van der Waals surface area contributed by atoms with Crippen molar-refractivity contribution in [3.63, 3.8) is 0 Å². The fourth-order valence-electron chi connectivity index (χ4n) is 1.20. The van der Waals surface area contributed by atoms with Crippen LogP contribution in [0.1, 0.15) is 20.7 Å². The maximum atomic E-state index is 10.8. The van der Waals surface area contributed by atoms with E-state index in [1.54, 1.807) is 0 Å². The number of ether oxygens (including phenoxy) is 2. The standard InChI is InChI=1S/C10H6O8/c11-3-17-7-1-5(9(13)14)6(10(15)16)2-8(7)18-4-12/h1-4H,(H,13,14)(H,15,16). The first-order chi connectivity index (χ1) is 8.51. The van der Waals surface area contributed by atoms with Crippen molar-refractivity contribution in [2.75, 3.05) is 0 Å². The summed E-state index contributed by atoms with van der Waals surface area (Å²) >= 11 is 0. The highest BCUT2D eigenvalue weighted by molar-refractivity contribution is 6.02. The molecular weight excluding hydrogens is 248 g/mol. The molecule has 1 rings (SSSR count). The molecule has 0 bridgehead atoms. The van der Waals surface area contributed by atoms with Gasteiger partial charge in [-0.3, -0.25) is 9.59 Å².